The molecule has 36 heavy (non-hydrogen) atoms. The standard InChI is InChI=1S/C23H23F3N6O4/c24-17-10-14(30-12-15(36-23(30)35)11-28-21(33)20(25)26)2-4-19(17)29-5-7-31-18-3-1-13(27)9-16(18)22(34)32(31)8-6-29/h1-4,9-10,15,20H,5-8,11-12,27H2,(H,28,33). The molecule has 3 aromatic rings. The van der Waals surface area contributed by atoms with E-state index in [1.54, 1.807) is 35.0 Å². The Kier molecular flexibility index (Phi) is 5.98. The third-order valence-electron chi connectivity index (χ3n) is 6.38. The van der Waals surface area contributed by atoms with Crippen molar-refractivity contribution in [3.63, 3.8) is 0 Å². The van der Waals surface area contributed by atoms with Crippen LogP contribution in [0.5, 0.6) is 0 Å². The number of hydrogen-bond acceptors (Lipinski definition) is 6. The Morgan fingerprint density at radius 3 is 2.56 bits per heavy atom. The largest absolute Gasteiger partial charge is 0.442 e. The number of nitrogens with one attached hydrogen (secondary N) is 1. The van der Waals surface area contributed by atoms with Gasteiger partial charge in [-0.1, -0.05) is 0 Å². The molecule has 3 N–H and O–H groups in total. The maximum absolute atomic E-state index is 15.2. The number of nitrogens with two attached hydrogens (primary N) is 1. The molecule has 1 unspecified atom stereocenters. The number of hydrogen-bond donors (Lipinski definition) is 2. The van der Waals surface area contributed by atoms with Crippen molar-refractivity contribution in [2.24, 2.45) is 0 Å². The molecule has 1 saturated heterocycles. The van der Waals surface area contributed by atoms with Crippen LogP contribution in [0, 0.1) is 5.82 Å². The van der Waals surface area contributed by atoms with E-state index in [4.69, 9.17) is 10.5 Å². The number of anilines is 3. The first kappa shape index (κ1) is 23.6. The van der Waals surface area contributed by atoms with Gasteiger partial charge in [0.15, 0.2) is 0 Å². The topological polar surface area (TPSA) is 115 Å². The Morgan fingerprint density at radius 2 is 1.83 bits per heavy atom. The molecule has 1 atom stereocenters. The molecule has 2 aliphatic heterocycles. The van der Waals surface area contributed by atoms with E-state index in [9.17, 15) is 23.2 Å². The summed E-state index contributed by atoms with van der Waals surface area (Å²) >= 11 is 0. The molecule has 0 spiro atoms. The minimum Gasteiger partial charge on any atom is -0.442 e. The molecule has 0 bridgehead atoms. The number of cyclic esters (lactones) is 1. The number of carbonyl (C=O) groups excluding carboxylic acids is 2. The van der Waals surface area contributed by atoms with Crippen molar-refractivity contribution in [3.05, 3.63) is 52.6 Å². The van der Waals surface area contributed by atoms with Crippen molar-refractivity contribution < 1.29 is 27.5 Å². The Bertz CT molecular complexity index is 1400. The third kappa shape index (κ3) is 4.20. The van der Waals surface area contributed by atoms with Gasteiger partial charge in [-0.05, 0) is 36.4 Å². The molecule has 190 valence electrons. The number of halogens is 3. The van der Waals surface area contributed by atoms with Crippen molar-refractivity contribution in [2.75, 3.05) is 41.7 Å². The molecule has 1 fully saturated rings. The van der Waals surface area contributed by atoms with E-state index in [1.165, 1.54) is 11.0 Å². The molecule has 0 radical (unpaired) electrons. The van der Waals surface area contributed by atoms with Gasteiger partial charge in [-0.15, -0.1) is 0 Å². The van der Waals surface area contributed by atoms with Crippen LogP contribution in [-0.2, 0) is 22.6 Å². The lowest BCUT2D eigenvalue weighted by Crippen LogP contribution is -2.37. The number of nitrogen functional groups attached to an aromatic ring is 1. The van der Waals surface area contributed by atoms with Gasteiger partial charge >= 0.3 is 12.5 Å². The molecule has 0 saturated carbocycles. The van der Waals surface area contributed by atoms with Gasteiger partial charge in [-0.25, -0.2) is 13.9 Å². The SMILES string of the molecule is Nc1ccc2c(c1)c(=O)n1n2CCN(c2ccc(N3CC(CNC(=O)C(F)F)OC3=O)cc2F)CC1. The van der Waals surface area contributed by atoms with Gasteiger partial charge in [0.25, 0.3) is 11.5 Å². The highest BCUT2D eigenvalue weighted by Crippen LogP contribution is 2.29. The van der Waals surface area contributed by atoms with E-state index in [1.807, 2.05) is 14.9 Å². The van der Waals surface area contributed by atoms with E-state index < -0.39 is 30.3 Å². The number of rotatable bonds is 5. The van der Waals surface area contributed by atoms with Crippen molar-refractivity contribution in [1.82, 2.24) is 14.7 Å². The van der Waals surface area contributed by atoms with Gasteiger partial charge in [0, 0.05) is 18.8 Å². The van der Waals surface area contributed by atoms with Gasteiger partial charge < -0.3 is 20.7 Å². The normalized spacial score (nSPS) is 17.9. The monoisotopic (exact) mass is 504 g/mol. The first-order valence-corrected chi connectivity index (χ1v) is 11.3. The summed E-state index contributed by atoms with van der Waals surface area (Å²) in [4.78, 5) is 39.1. The smallest absolute Gasteiger partial charge is 0.414 e. The number of benzene rings is 2. The minimum atomic E-state index is -3.17. The van der Waals surface area contributed by atoms with E-state index in [2.05, 4.69) is 0 Å². The molecule has 3 heterocycles. The second kappa shape index (κ2) is 9.13. The van der Waals surface area contributed by atoms with Crippen LogP contribution >= 0.6 is 0 Å². The van der Waals surface area contributed by atoms with Gasteiger partial charge in [0.2, 0.25) is 0 Å². The molecule has 1 aromatic heterocycles. The lowest BCUT2D eigenvalue weighted by atomic mass is 10.2. The molecule has 2 amide bonds. The first-order valence-electron chi connectivity index (χ1n) is 11.3. The lowest BCUT2D eigenvalue weighted by Gasteiger charge is -2.24. The van der Waals surface area contributed by atoms with Crippen LogP contribution in [0.2, 0.25) is 0 Å². The summed E-state index contributed by atoms with van der Waals surface area (Å²) < 4.78 is 48.5. The quantitative estimate of drug-likeness (QED) is 0.512. The van der Waals surface area contributed by atoms with Gasteiger partial charge in [-0.3, -0.25) is 19.2 Å². The van der Waals surface area contributed by atoms with Crippen molar-refractivity contribution in [3.8, 4) is 0 Å². The van der Waals surface area contributed by atoms with Crippen LogP contribution in [0.1, 0.15) is 0 Å². The van der Waals surface area contributed by atoms with Crippen molar-refractivity contribution in [2.45, 2.75) is 25.6 Å². The highest BCUT2D eigenvalue weighted by Gasteiger charge is 2.33. The molecule has 5 rings (SSSR count). The third-order valence-corrected chi connectivity index (χ3v) is 6.38. The number of alkyl halides is 2. The average Bonchev–Trinajstić information content (AvgIpc) is 3.24. The second-order valence-electron chi connectivity index (χ2n) is 8.61. The van der Waals surface area contributed by atoms with Crippen LogP contribution in [-0.4, -0.2) is 60.1 Å². The zero-order valence-electron chi connectivity index (χ0n) is 19.0. The number of fused-ring (bicyclic) bond motifs is 3. The van der Waals surface area contributed by atoms with Crippen LogP contribution in [0.15, 0.2) is 41.2 Å². The minimum absolute atomic E-state index is 0.0270. The van der Waals surface area contributed by atoms with Crippen molar-refractivity contribution >= 4 is 40.0 Å². The van der Waals surface area contributed by atoms with Gasteiger partial charge in [0.1, 0.15) is 11.9 Å². The Labute approximate surface area is 202 Å². The fourth-order valence-corrected chi connectivity index (χ4v) is 4.63. The Hall–Kier alpha value is -4.16. The summed E-state index contributed by atoms with van der Waals surface area (Å²) in [5, 5.41) is 2.55. The fraction of sp³-hybridized carbons (Fsp3) is 0.348. The zero-order chi connectivity index (χ0) is 25.6. The Morgan fingerprint density at radius 1 is 1.08 bits per heavy atom. The predicted molar refractivity (Wildman–Crippen MR) is 126 cm³/mol. The molecular formula is C23H23F3N6O4. The van der Waals surface area contributed by atoms with E-state index >= 15 is 4.39 Å². The number of aromatic nitrogens is 2. The fourth-order valence-electron chi connectivity index (χ4n) is 4.63. The number of carbonyl (C=O) groups is 2. The summed E-state index contributed by atoms with van der Waals surface area (Å²) in [6.45, 7) is 1.33. The molecule has 10 nitrogen and oxygen atoms in total. The number of nitrogens with zero attached hydrogens (tertiary/aromatic N) is 4. The summed E-state index contributed by atoms with van der Waals surface area (Å²) in [7, 11) is 0. The van der Waals surface area contributed by atoms with E-state index in [-0.39, 0.29) is 24.3 Å². The van der Waals surface area contributed by atoms with E-state index in [0.717, 1.165) is 5.52 Å². The maximum Gasteiger partial charge on any atom is 0.414 e. The molecular weight excluding hydrogens is 481 g/mol. The second-order valence-corrected chi connectivity index (χ2v) is 8.61. The average molecular weight is 504 g/mol. The van der Waals surface area contributed by atoms with E-state index in [0.29, 0.717) is 42.9 Å². The van der Waals surface area contributed by atoms with Crippen LogP contribution in [0.4, 0.5) is 35.0 Å². The highest BCUT2D eigenvalue weighted by atomic mass is 19.3. The van der Waals surface area contributed by atoms with Gasteiger partial charge in [-0.2, -0.15) is 8.78 Å². The number of ether oxygens (including phenoxy) is 1. The van der Waals surface area contributed by atoms with Crippen LogP contribution in [0.3, 0.4) is 0 Å². The number of amides is 2. The van der Waals surface area contributed by atoms with Crippen molar-refractivity contribution in [1.29, 1.82) is 0 Å². The summed E-state index contributed by atoms with van der Waals surface area (Å²) in [6, 6.07) is 9.50. The lowest BCUT2D eigenvalue weighted by molar-refractivity contribution is -0.132. The van der Waals surface area contributed by atoms with Gasteiger partial charge in [0.05, 0.1) is 48.5 Å². The Balaban J connectivity index is 1.29. The molecule has 2 aliphatic rings. The zero-order valence-corrected chi connectivity index (χ0v) is 19.0. The molecule has 13 heteroatoms. The highest BCUT2D eigenvalue weighted by molar-refractivity contribution is 5.90. The summed E-state index contributed by atoms with van der Waals surface area (Å²) in [6.07, 6.45) is -4.77. The molecule has 2 aromatic carbocycles. The molecule has 0 aliphatic carbocycles. The first-order chi connectivity index (χ1) is 17.2. The van der Waals surface area contributed by atoms with Crippen LogP contribution < -0.4 is 26.4 Å². The summed E-state index contributed by atoms with van der Waals surface area (Å²) in [5.41, 5.74) is 7.51. The summed E-state index contributed by atoms with van der Waals surface area (Å²) in [5.74, 6) is -2.02. The predicted octanol–water partition coefficient (Wildman–Crippen LogP) is 1.75. The van der Waals surface area contributed by atoms with Crippen LogP contribution in [0.25, 0.3) is 10.9 Å². The maximum atomic E-state index is 15.2.